The highest BCUT2D eigenvalue weighted by Gasteiger charge is 2.54. The van der Waals surface area contributed by atoms with Crippen molar-refractivity contribution in [3.63, 3.8) is 0 Å². The smallest absolute Gasteiger partial charge is 0.196 e. The molecule has 0 saturated carbocycles. The molecular formula is C27H44O11Si. The van der Waals surface area contributed by atoms with Gasteiger partial charge in [-0.25, -0.2) is 0 Å². The van der Waals surface area contributed by atoms with Crippen molar-refractivity contribution in [1.29, 1.82) is 0 Å². The first-order valence-corrected chi connectivity index (χ1v) is 16.5. The molecule has 11 nitrogen and oxygen atoms in total. The molecule has 0 spiro atoms. The van der Waals surface area contributed by atoms with Crippen LogP contribution in [0.2, 0.25) is 18.1 Å². The second kappa shape index (κ2) is 12.1. The third kappa shape index (κ3) is 6.13. The van der Waals surface area contributed by atoms with E-state index in [1.54, 1.807) is 0 Å². The van der Waals surface area contributed by atoms with Crippen LogP contribution < -0.4 is 0 Å². The van der Waals surface area contributed by atoms with E-state index in [0.717, 1.165) is 5.56 Å². The molecule has 0 aliphatic carbocycles. The predicted octanol–water partition coefficient (Wildman–Crippen LogP) is 1.03. The van der Waals surface area contributed by atoms with E-state index in [1.807, 2.05) is 43.4 Å². The Hall–Kier alpha value is -1.00. The summed E-state index contributed by atoms with van der Waals surface area (Å²) in [7, 11) is -2.47. The largest absolute Gasteiger partial charge is 0.394 e. The van der Waals surface area contributed by atoms with Crippen LogP contribution in [-0.4, -0.2) is 108 Å². The fraction of sp³-hybridized carbons (Fsp3) is 0.778. The van der Waals surface area contributed by atoms with Gasteiger partial charge >= 0.3 is 0 Å². The lowest BCUT2D eigenvalue weighted by molar-refractivity contribution is -0.383. The number of fused-ring (bicyclic) bond motifs is 1. The molecule has 0 bridgehead atoms. The van der Waals surface area contributed by atoms with E-state index in [4.69, 9.17) is 28.1 Å². The van der Waals surface area contributed by atoms with Gasteiger partial charge in [-0.2, -0.15) is 0 Å². The third-order valence-corrected chi connectivity index (χ3v) is 13.4. The van der Waals surface area contributed by atoms with Crippen LogP contribution in [-0.2, 0) is 28.1 Å². The number of benzene rings is 1. The molecule has 3 aliphatic heterocycles. The van der Waals surface area contributed by atoms with E-state index < -0.39 is 82.6 Å². The number of aliphatic hydroxyl groups is 5. The highest BCUT2D eigenvalue weighted by atomic mass is 28.4. The molecule has 3 aliphatic rings. The Bertz CT molecular complexity index is 928. The second-order valence-electron chi connectivity index (χ2n) is 12.0. The van der Waals surface area contributed by atoms with Crippen LogP contribution in [0, 0.1) is 5.92 Å². The molecule has 0 unspecified atom stereocenters. The van der Waals surface area contributed by atoms with Gasteiger partial charge in [-0.15, -0.1) is 0 Å². The summed E-state index contributed by atoms with van der Waals surface area (Å²) in [5.74, 6) is 0.297. The summed E-state index contributed by atoms with van der Waals surface area (Å²) in [6, 6.07) is 9.21. The maximum atomic E-state index is 11.0. The van der Waals surface area contributed by atoms with Crippen molar-refractivity contribution in [2.24, 2.45) is 5.92 Å². The summed E-state index contributed by atoms with van der Waals surface area (Å²) in [6.07, 6.45) is -13.3. The number of rotatable bonds is 8. The van der Waals surface area contributed by atoms with Gasteiger partial charge in [0.05, 0.1) is 13.2 Å². The van der Waals surface area contributed by atoms with Gasteiger partial charge in [0.2, 0.25) is 0 Å². The van der Waals surface area contributed by atoms with Gasteiger partial charge < -0.3 is 53.6 Å². The number of aliphatic hydroxyl groups excluding tert-OH is 5. The Morgan fingerprint density at radius 1 is 0.923 bits per heavy atom. The molecule has 11 atom stereocenters. The molecular weight excluding hydrogens is 528 g/mol. The van der Waals surface area contributed by atoms with Crippen molar-refractivity contribution in [2.45, 2.75) is 114 Å². The predicted molar refractivity (Wildman–Crippen MR) is 141 cm³/mol. The normalized spacial score (nSPS) is 39.9. The summed E-state index contributed by atoms with van der Waals surface area (Å²) in [4.78, 5) is 0. The van der Waals surface area contributed by atoms with Crippen LogP contribution in [0.25, 0.3) is 0 Å². The molecule has 4 rings (SSSR count). The lowest BCUT2D eigenvalue weighted by Crippen LogP contribution is -2.66. The topological polar surface area (TPSA) is 157 Å². The van der Waals surface area contributed by atoms with Crippen molar-refractivity contribution in [2.75, 3.05) is 13.2 Å². The van der Waals surface area contributed by atoms with Gasteiger partial charge in [-0.3, -0.25) is 0 Å². The first-order valence-electron chi connectivity index (χ1n) is 13.6. The van der Waals surface area contributed by atoms with Crippen LogP contribution in [0.1, 0.15) is 39.5 Å². The van der Waals surface area contributed by atoms with Crippen molar-refractivity contribution >= 4 is 8.32 Å². The van der Waals surface area contributed by atoms with Crippen LogP contribution >= 0.6 is 0 Å². The zero-order valence-electron chi connectivity index (χ0n) is 23.4. The van der Waals surface area contributed by atoms with E-state index in [9.17, 15) is 25.5 Å². The van der Waals surface area contributed by atoms with Crippen LogP contribution in [0.4, 0.5) is 0 Å². The Labute approximate surface area is 230 Å². The van der Waals surface area contributed by atoms with Gasteiger partial charge in [0, 0.05) is 5.56 Å². The van der Waals surface area contributed by atoms with Crippen LogP contribution in [0.3, 0.4) is 0 Å². The van der Waals surface area contributed by atoms with Gasteiger partial charge in [0.25, 0.3) is 0 Å². The molecule has 0 aromatic heterocycles. The summed E-state index contributed by atoms with van der Waals surface area (Å²) in [5.41, 5.74) is 0.762. The Balaban J connectivity index is 1.43. The van der Waals surface area contributed by atoms with E-state index >= 15 is 0 Å². The van der Waals surface area contributed by atoms with Gasteiger partial charge in [0.1, 0.15) is 48.8 Å². The van der Waals surface area contributed by atoms with Crippen LogP contribution in [0.5, 0.6) is 0 Å². The highest BCUT2D eigenvalue weighted by molar-refractivity contribution is 6.74. The minimum Gasteiger partial charge on any atom is -0.394 e. The first-order chi connectivity index (χ1) is 18.3. The second-order valence-corrected chi connectivity index (χ2v) is 16.6. The zero-order chi connectivity index (χ0) is 28.7. The molecule has 1 aromatic carbocycles. The molecule has 3 fully saturated rings. The quantitative estimate of drug-likeness (QED) is 0.284. The number of hydrogen-bond donors (Lipinski definition) is 5. The summed E-state index contributed by atoms with van der Waals surface area (Å²) in [5, 5.41) is 53.5. The standard InChI is InChI=1S/C27H44O11Si/c1-14(2)27(3,4)39(5,6)38-26-21(32)19(30)22(16(12-28)34-26)37-25-20(31)18(29)23-17(35-25)13-33-24(36-23)15-10-8-7-9-11-15/h7-11,14,16-26,28-32H,12-13H2,1-6H3/t16-,17-,18-,19-,20-,21-,22-,23+,24+,25+,26+/m1/s1. The van der Waals surface area contributed by atoms with Gasteiger partial charge in [-0.05, 0) is 24.1 Å². The zero-order valence-corrected chi connectivity index (χ0v) is 24.4. The molecule has 0 radical (unpaired) electrons. The van der Waals surface area contributed by atoms with E-state index in [0.29, 0.717) is 5.92 Å². The molecule has 39 heavy (non-hydrogen) atoms. The monoisotopic (exact) mass is 572 g/mol. The van der Waals surface area contributed by atoms with Crippen molar-refractivity contribution < 1.29 is 53.6 Å². The SMILES string of the molecule is CC(C)C(C)(C)[Si](C)(C)O[C@@H]1O[C@H](CO)[C@@H](O[C@@H]2O[C@@H]3CO[C@H](c4ccccc4)O[C@@H]3[C@H](O)[C@H]2O)[C@H](O)[C@H]1O. The van der Waals surface area contributed by atoms with Crippen molar-refractivity contribution in [3.8, 4) is 0 Å². The molecule has 1 aromatic rings. The maximum absolute atomic E-state index is 11.0. The average Bonchev–Trinajstić information content (AvgIpc) is 2.91. The molecule has 3 heterocycles. The maximum Gasteiger partial charge on any atom is 0.196 e. The molecule has 0 amide bonds. The van der Waals surface area contributed by atoms with E-state index in [1.165, 1.54) is 0 Å². The fourth-order valence-corrected chi connectivity index (χ4v) is 7.55. The van der Waals surface area contributed by atoms with E-state index in [2.05, 4.69) is 27.7 Å². The number of ether oxygens (including phenoxy) is 5. The minimum absolute atomic E-state index is 0.0604. The Morgan fingerprint density at radius 2 is 1.56 bits per heavy atom. The molecule has 3 saturated heterocycles. The van der Waals surface area contributed by atoms with Gasteiger partial charge in [0.15, 0.2) is 27.2 Å². The lowest BCUT2D eigenvalue weighted by Gasteiger charge is -2.50. The van der Waals surface area contributed by atoms with Crippen LogP contribution in [0.15, 0.2) is 30.3 Å². The minimum atomic E-state index is -2.47. The first kappa shape index (κ1) is 30.9. The van der Waals surface area contributed by atoms with Gasteiger partial charge in [-0.1, -0.05) is 58.0 Å². The van der Waals surface area contributed by atoms with E-state index in [-0.39, 0.29) is 11.6 Å². The summed E-state index contributed by atoms with van der Waals surface area (Å²) in [6.45, 7) is 12.0. The van der Waals surface area contributed by atoms with Crippen molar-refractivity contribution in [3.05, 3.63) is 35.9 Å². The summed E-state index contributed by atoms with van der Waals surface area (Å²) >= 11 is 0. The molecule has 5 N–H and O–H groups in total. The highest BCUT2D eigenvalue weighted by Crippen LogP contribution is 2.46. The van der Waals surface area contributed by atoms with Crippen molar-refractivity contribution in [1.82, 2.24) is 0 Å². The number of hydrogen-bond acceptors (Lipinski definition) is 11. The fourth-order valence-electron chi connectivity index (χ4n) is 5.08. The Kier molecular flexibility index (Phi) is 9.58. The molecule has 222 valence electrons. The lowest BCUT2D eigenvalue weighted by atomic mass is 9.96. The third-order valence-electron chi connectivity index (χ3n) is 8.92. The average molecular weight is 573 g/mol. The molecule has 12 heteroatoms. The summed E-state index contributed by atoms with van der Waals surface area (Å²) < 4.78 is 35.6. The Morgan fingerprint density at radius 3 is 2.18 bits per heavy atom.